The molecule has 0 radical (unpaired) electrons. The van der Waals surface area contributed by atoms with E-state index in [1.807, 2.05) is 31.2 Å². The van der Waals surface area contributed by atoms with Gasteiger partial charge in [0.05, 0.1) is 6.04 Å². The van der Waals surface area contributed by atoms with Gasteiger partial charge in [0.2, 0.25) is 5.89 Å². The van der Waals surface area contributed by atoms with Crippen LogP contribution in [0.2, 0.25) is 0 Å². The van der Waals surface area contributed by atoms with E-state index >= 15 is 0 Å². The van der Waals surface area contributed by atoms with E-state index in [9.17, 15) is 5.11 Å². The van der Waals surface area contributed by atoms with Gasteiger partial charge in [-0.2, -0.15) is 4.98 Å². The van der Waals surface area contributed by atoms with Gasteiger partial charge in [-0.25, -0.2) is 0 Å². The number of likely N-dealkylation sites (tertiary alicyclic amines) is 1. The number of benzene rings is 1. The predicted molar refractivity (Wildman–Crippen MR) is 92.5 cm³/mol. The maximum absolute atomic E-state index is 10.4. The zero-order valence-corrected chi connectivity index (χ0v) is 14.6. The minimum absolute atomic E-state index is 0.143. The van der Waals surface area contributed by atoms with Crippen molar-refractivity contribution >= 4 is 0 Å². The third-order valence-corrected chi connectivity index (χ3v) is 4.92. The molecule has 134 valence electrons. The van der Waals surface area contributed by atoms with Crippen LogP contribution in [0.3, 0.4) is 0 Å². The summed E-state index contributed by atoms with van der Waals surface area (Å²) in [5.74, 6) is 2.82. The Balaban J connectivity index is 1.32. The molecule has 2 heterocycles. The summed E-state index contributed by atoms with van der Waals surface area (Å²) in [6, 6.07) is 8.02. The molecule has 2 fully saturated rings. The van der Waals surface area contributed by atoms with Gasteiger partial charge in [-0.15, -0.1) is 0 Å². The van der Waals surface area contributed by atoms with Crippen molar-refractivity contribution in [2.45, 2.75) is 50.7 Å². The van der Waals surface area contributed by atoms with Crippen molar-refractivity contribution in [2.24, 2.45) is 0 Å². The van der Waals surface area contributed by atoms with E-state index in [-0.39, 0.29) is 12.6 Å². The zero-order valence-electron chi connectivity index (χ0n) is 14.6. The molecule has 1 aromatic carbocycles. The van der Waals surface area contributed by atoms with E-state index in [2.05, 4.69) is 15.0 Å². The molecule has 1 aromatic heterocycles. The smallest absolute Gasteiger partial charge is 0.229 e. The lowest BCUT2D eigenvalue weighted by atomic mass is 10.2. The molecule has 1 saturated heterocycles. The molecule has 1 aliphatic heterocycles. The molecular weight excluding hydrogens is 318 g/mol. The highest BCUT2D eigenvalue weighted by Crippen LogP contribution is 2.40. The highest BCUT2D eigenvalue weighted by molar-refractivity contribution is 5.27. The third-order valence-electron chi connectivity index (χ3n) is 4.92. The lowest BCUT2D eigenvalue weighted by Gasteiger charge is -2.24. The van der Waals surface area contributed by atoms with Crippen LogP contribution in [-0.2, 0) is 0 Å². The van der Waals surface area contributed by atoms with E-state index in [0.29, 0.717) is 12.5 Å². The standard InChI is InChI=1S/C19H25N3O3/c1-13-4-2-5-16(10-13)24-12-15(23)11-22-9-3-6-17(22)18-20-19(25-21-18)14-7-8-14/h2,4-5,10,14-15,17,23H,3,6-9,11-12H2,1H3/t15-,17-/m0/s1. The predicted octanol–water partition coefficient (Wildman–Crippen LogP) is 2.83. The molecule has 1 N–H and O–H groups in total. The first kappa shape index (κ1) is 16.5. The largest absolute Gasteiger partial charge is 0.491 e. The molecule has 4 rings (SSSR count). The number of aromatic nitrogens is 2. The lowest BCUT2D eigenvalue weighted by Crippen LogP contribution is -2.35. The van der Waals surface area contributed by atoms with Crippen LogP contribution in [0.5, 0.6) is 5.75 Å². The van der Waals surface area contributed by atoms with Crippen molar-refractivity contribution in [1.29, 1.82) is 0 Å². The molecule has 6 nitrogen and oxygen atoms in total. The quantitative estimate of drug-likeness (QED) is 0.833. The number of ether oxygens (including phenoxy) is 1. The summed E-state index contributed by atoms with van der Waals surface area (Å²) in [4.78, 5) is 6.82. The summed E-state index contributed by atoms with van der Waals surface area (Å²) in [7, 11) is 0. The van der Waals surface area contributed by atoms with Gasteiger partial charge in [0.25, 0.3) is 0 Å². The van der Waals surface area contributed by atoms with Crippen LogP contribution in [0.4, 0.5) is 0 Å². The molecule has 0 spiro atoms. The van der Waals surface area contributed by atoms with Crippen LogP contribution in [-0.4, -0.2) is 45.9 Å². The van der Waals surface area contributed by atoms with Crippen molar-refractivity contribution in [3.05, 3.63) is 41.5 Å². The molecule has 2 aromatic rings. The number of β-amino-alcohol motifs (C(OH)–C–C–N with tert-alkyl or cyclic N) is 1. The van der Waals surface area contributed by atoms with Crippen LogP contribution < -0.4 is 4.74 Å². The molecule has 6 heteroatoms. The molecule has 2 aliphatic rings. The molecule has 1 aliphatic carbocycles. The number of rotatable bonds is 7. The SMILES string of the molecule is Cc1cccc(OC[C@@H](O)CN2CCC[C@H]2c2noc(C3CC3)n2)c1. The normalized spacial score (nSPS) is 22.2. The Morgan fingerprint density at radius 2 is 2.24 bits per heavy atom. The summed E-state index contributed by atoms with van der Waals surface area (Å²) >= 11 is 0. The van der Waals surface area contributed by atoms with E-state index in [4.69, 9.17) is 9.26 Å². The van der Waals surface area contributed by atoms with Crippen molar-refractivity contribution in [1.82, 2.24) is 15.0 Å². The first-order chi connectivity index (χ1) is 12.2. The lowest BCUT2D eigenvalue weighted by molar-refractivity contribution is 0.0623. The monoisotopic (exact) mass is 343 g/mol. The minimum atomic E-state index is -0.545. The van der Waals surface area contributed by atoms with Gasteiger partial charge in [-0.05, 0) is 56.8 Å². The minimum Gasteiger partial charge on any atom is -0.491 e. The fourth-order valence-corrected chi connectivity index (χ4v) is 3.44. The summed E-state index contributed by atoms with van der Waals surface area (Å²) in [6.45, 7) is 3.81. The van der Waals surface area contributed by atoms with Gasteiger partial charge in [0.15, 0.2) is 5.82 Å². The molecule has 2 atom stereocenters. The fraction of sp³-hybridized carbons (Fsp3) is 0.579. The Labute approximate surface area is 147 Å². The Morgan fingerprint density at radius 1 is 1.36 bits per heavy atom. The van der Waals surface area contributed by atoms with Crippen molar-refractivity contribution in [3.63, 3.8) is 0 Å². The summed E-state index contributed by atoms with van der Waals surface area (Å²) < 4.78 is 11.1. The second-order valence-corrected chi connectivity index (χ2v) is 7.20. The Bertz CT molecular complexity index is 713. The first-order valence-corrected chi connectivity index (χ1v) is 9.14. The average molecular weight is 343 g/mol. The Morgan fingerprint density at radius 3 is 3.04 bits per heavy atom. The van der Waals surface area contributed by atoms with Crippen LogP contribution >= 0.6 is 0 Å². The van der Waals surface area contributed by atoms with Gasteiger partial charge in [-0.1, -0.05) is 17.3 Å². The fourth-order valence-electron chi connectivity index (χ4n) is 3.44. The summed E-state index contributed by atoms with van der Waals surface area (Å²) in [5.41, 5.74) is 1.15. The van der Waals surface area contributed by atoms with E-state index in [1.165, 1.54) is 0 Å². The molecule has 1 saturated carbocycles. The average Bonchev–Trinajstić information content (AvgIpc) is 3.15. The van der Waals surface area contributed by atoms with Crippen LogP contribution in [0.15, 0.2) is 28.8 Å². The third kappa shape index (κ3) is 4.02. The highest BCUT2D eigenvalue weighted by atomic mass is 16.5. The van der Waals surface area contributed by atoms with Gasteiger partial charge in [0, 0.05) is 12.5 Å². The number of aliphatic hydroxyl groups excluding tert-OH is 1. The molecule has 0 amide bonds. The maximum atomic E-state index is 10.4. The van der Waals surface area contributed by atoms with E-state index in [0.717, 1.165) is 55.3 Å². The van der Waals surface area contributed by atoms with Crippen LogP contribution in [0, 0.1) is 6.92 Å². The molecule has 0 unspecified atom stereocenters. The number of aliphatic hydroxyl groups is 1. The molecule has 0 bridgehead atoms. The molecule has 25 heavy (non-hydrogen) atoms. The van der Waals surface area contributed by atoms with E-state index < -0.39 is 6.10 Å². The van der Waals surface area contributed by atoms with Crippen LogP contribution in [0.25, 0.3) is 0 Å². The van der Waals surface area contributed by atoms with Gasteiger partial charge in [-0.3, -0.25) is 4.90 Å². The number of hydrogen-bond acceptors (Lipinski definition) is 6. The summed E-state index contributed by atoms with van der Waals surface area (Å²) in [5, 5.41) is 14.6. The van der Waals surface area contributed by atoms with Crippen molar-refractivity contribution in [3.8, 4) is 5.75 Å². The van der Waals surface area contributed by atoms with Gasteiger partial charge >= 0.3 is 0 Å². The zero-order chi connectivity index (χ0) is 17.2. The van der Waals surface area contributed by atoms with Crippen molar-refractivity contribution in [2.75, 3.05) is 19.7 Å². The second-order valence-electron chi connectivity index (χ2n) is 7.20. The van der Waals surface area contributed by atoms with Crippen LogP contribution in [0.1, 0.15) is 54.9 Å². The highest BCUT2D eigenvalue weighted by Gasteiger charge is 2.34. The number of hydrogen-bond donors (Lipinski definition) is 1. The Kier molecular flexibility index (Phi) is 4.72. The number of nitrogens with zero attached hydrogens (tertiary/aromatic N) is 3. The molecular formula is C19H25N3O3. The summed E-state index contributed by atoms with van der Waals surface area (Å²) in [6.07, 6.45) is 3.87. The topological polar surface area (TPSA) is 71.6 Å². The number of aryl methyl sites for hydroxylation is 1. The van der Waals surface area contributed by atoms with Crippen molar-refractivity contribution < 1.29 is 14.4 Å². The second kappa shape index (κ2) is 7.14. The van der Waals surface area contributed by atoms with Gasteiger partial charge < -0.3 is 14.4 Å². The van der Waals surface area contributed by atoms with Gasteiger partial charge in [0.1, 0.15) is 18.5 Å². The first-order valence-electron chi connectivity index (χ1n) is 9.14. The maximum Gasteiger partial charge on any atom is 0.229 e. The van der Waals surface area contributed by atoms with E-state index in [1.54, 1.807) is 0 Å². The Hall–Kier alpha value is -1.92.